The highest BCUT2D eigenvalue weighted by Gasteiger charge is 2.22. The second-order valence-electron chi connectivity index (χ2n) is 5.18. The third-order valence-electron chi connectivity index (χ3n) is 4.02. The fourth-order valence-electron chi connectivity index (χ4n) is 2.91. The van der Waals surface area contributed by atoms with Gasteiger partial charge in [0.1, 0.15) is 17.2 Å². The van der Waals surface area contributed by atoms with Crippen LogP contribution in [0.25, 0.3) is 10.9 Å². The molecule has 1 aliphatic heterocycles. The molecular weight excluding hydrogens is 278 g/mol. The maximum atomic E-state index is 14.0. The second-order valence-corrected chi connectivity index (χ2v) is 5.18. The van der Waals surface area contributed by atoms with Crippen molar-refractivity contribution < 1.29 is 18.7 Å². The molecule has 0 bridgehead atoms. The summed E-state index contributed by atoms with van der Waals surface area (Å²) in [6, 6.07) is 2.16. The van der Waals surface area contributed by atoms with Gasteiger partial charge in [-0.2, -0.15) is 0 Å². The lowest BCUT2D eigenvalue weighted by Crippen LogP contribution is -2.31. The lowest BCUT2D eigenvalue weighted by atomic mass is 9.98. The number of hydrogen-bond acceptors (Lipinski definition) is 2. The van der Waals surface area contributed by atoms with Gasteiger partial charge in [0.05, 0.1) is 0 Å². The smallest absolute Gasteiger partial charge is 0.407 e. The first-order valence-corrected chi connectivity index (χ1v) is 6.73. The Balaban J connectivity index is 2.19. The van der Waals surface area contributed by atoms with Gasteiger partial charge in [-0.15, -0.1) is 0 Å². The van der Waals surface area contributed by atoms with Crippen LogP contribution >= 0.6 is 0 Å². The molecular formula is C15H14F2N2O2. The van der Waals surface area contributed by atoms with E-state index in [1.54, 1.807) is 6.92 Å². The molecule has 1 amide bonds. The number of aromatic nitrogens is 1. The van der Waals surface area contributed by atoms with Crippen LogP contribution in [0.2, 0.25) is 0 Å². The first kappa shape index (κ1) is 13.7. The van der Waals surface area contributed by atoms with Gasteiger partial charge >= 0.3 is 6.09 Å². The van der Waals surface area contributed by atoms with E-state index < -0.39 is 17.7 Å². The number of carbonyl (C=O) groups is 1. The van der Waals surface area contributed by atoms with Gasteiger partial charge in [-0.1, -0.05) is 0 Å². The van der Waals surface area contributed by atoms with E-state index in [1.807, 2.05) is 0 Å². The van der Waals surface area contributed by atoms with Gasteiger partial charge in [0, 0.05) is 30.6 Å². The number of carboxylic acid groups (broad SMARTS) is 1. The van der Waals surface area contributed by atoms with E-state index in [4.69, 9.17) is 5.11 Å². The van der Waals surface area contributed by atoms with E-state index in [2.05, 4.69) is 4.98 Å². The van der Waals surface area contributed by atoms with E-state index in [9.17, 15) is 13.6 Å². The first-order chi connectivity index (χ1) is 9.99. The molecule has 1 aliphatic rings. The summed E-state index contributed by atoms with van der Waals surface area (Å²) < 4.78 is 27.9. The zero-order chi connectivity index (χ0) is 15.1. The van der Waals surface area contributed by atoms with Crippen LogP contribution in [0.15, 0.2) is 12.1 Å². The molecule has 0 unspecified atom stereocenters. The fraction of sp³-hybridized carbons (Fsp3) is 0.333. The molecule has 21 heavy (non-hydrogen) atoms. The van der Waals surface area contributed by atoms with Crippen LogP contribution in [0.5, 0.6) is 0 Å². The number of rotatable bonds is 0. The minimum Gasteiger partial charge on any atom is -0.465 e. The third-order valence-corrected chi connectivity index (χ3v) is 4.02. The number of hydrogen-bond donors (Lipinski definition) is 1. The Kier molecular flexibility index (Phi) is 3.23. The maximum absolute atomic E-state index is 14.0. The number of pyridine rings is 1. The largest absolute Gasteiger partial charge is 0.465 e. The highest BCUT2D eigenvalue weighted by molar-refractivity contribution is 5.84. The van der Waals surface area contributed by atoms with Crippen molar-refractivity contribution in [2.75, 3.05) is 13.1 Å². The summed E-state index contributed by atoms with van der Waals surface area (Å²) in [4.78, 5) is 16.6. The van der Waals surface area contributed by atoms with Gasteiger partial charge in [-0.25, -0.2) is 18.6 Å². The summed E-state index contributed by atoms with van der Waals surface area (Å²) in [5.41, 5.74) is 2.17. The lowest BCUT2D eigenvalue weighted by molar-refractivity contribution is 0.147. The third kappa shape index (κ3) is 2.20. The van der Waals surface area contributed by atoms with Crippen LogP contribution in [0.1, 0.15) is 16.8 Å². The van der Waals surface area contributed by atoms with Crippen LogP contribution in [-0.2, 0) is 12.8 Å². The average Bonchev–Trinajstić information content (AvgIpc) is 2.66. The van der Waals surface area contributed by atoms with Crippen molar-refractivity contribution in [3.8, 4) is 0 Å². The summed E-state index contributed by atoms with van der Waals surface area (Å²) >= 11 is 0. The standard InChI is InChI=1S/C15H14F2N2O2/c1-8-9-4-6-19(15(20)21)7-5-12(9)18-14-11(17)3-2-10(16)13(8)14/h2-3H,4-7H2,1H3,(H,20,21). The van der Waals surface area contributed by atoms with Crippen molar-refractivity contribution in [3.63, 3.8) is 0 Å². The Labute approximate surface area is 120 Å². The van der Waals surface area contributed by atoms with Gasteiger partial charge in [-0.3, -0.25) is 0 Å². The molecule has 1 aromatic heterocycles. The Hall–Kier alpha value is -2.24. The zero-order valence-corrected chi connectivity index (χ0v) is 11.5. The summed E-state index contributed by atoms with van der Waals surface area (Å²) in [5.74, 6) is -1.06. The maximum Gasteiger partial charge on any atom is 0.407 e. The molecule has 3 rings (SSSR count). The summed E-state index contributed by atoms with van der Waals surface area (Å²) in [5, 5.41) is 9.27. The zero-order valence-electron chi connectivity index (χ0n) is 11.5. The Morgan fingerprint density at radius 1 is 1.24 bits per heavy atom. The van der Waals surface area contributed by atoms with E-state index in [1.165, 1.54) is 4.90 Å². The molecule has 0 saturated heterocycles. The molecule has 0 atom stereocenters. The molecule has 1 N–H and O–H groups in total. The van der Waals surface area contributed by atoms with Crippen LogP contribution in [0.4, 0.5) is 13.6 Å². The number of aryl methyl sites for hydroxylation is 1. The minimum absolute atomic E-state index is 0.0232. The van der Waals surface area contributed by atoms with E-state index >= 15 is 0 Å². The van der Waals surface area contributed by atoms with Crippen LogP contribution in [0, 0.1) is 18.6 Å². The van der Waals surface area contributed by atoms with Crippen molar-refractivity contribution in [3.05, 3.63) is 40.6 Å². The Morgan fingerprint density at radius 2 is 1.90 bits per heavy atom. The predicted molar refractivity (Wildman–Crippen MR) is 73.4 cm³/mol. The summed E-state index contributed by atoms with van der Waals surface area (Å²) in [6.45, 7) is 2.40. The molecule has 0 saturated carbocycles. The van der Waals surface area contributed by atoms with Crippen molar-refractivity contribution in [2.24, 2.45) is 0 Å². The van der Waals surface area contributed by atoms with Crippen molar-refractivity contribution in [1.82, 2.24) is 9.88 Å². The predicted octanol–water partition coefficient (Wildman–Crippen LogP) is 2.90. The monoisotopic (exact) mass is 292 g/mol. The first-order valence-electron chi connectivity index (χ1n) is 6.73. The SMILES string of the molecule is Cc1c2c(nc3c(F)ccc(F)c13)CCN(C(=O)O)CC2. The second kappa shape index (κ2) is 4.95. The van der Waals surface area contributed by atoms with E-state index in [0.29, 0.717) is 37.2 Å². The number of halogens is 2. The molecule has 6 heteroatoms. The number of amides is 1. The number of fused-ring (bicyclic) bond motifs is 2. The van der Waals surface area contributed by atoms with E-state index in [-0.39, 0.29) is 10.9 Å². The Morgan fingerprint density at radius 3 is 2.62 bits per heavy atom. The molecule has 1 aromatic carbocycles. The quantitative estimate of drug-likeness (QED) is 0.812. The molecule has 0 radical (unpaired) electrons. The molecule has 110 valence electrons. The van der Waals surface area contributed by atoms with Crippen molar-refractivity contribution in [2.45, 2.75) is 19.8 Å². The average molecular weight is 292 g/mol. The molecule has 0 fully saturated rings. The highest BCUT2D eigenvalue weighted by atomic mass is 19.1. The van der Waals surface area contributed by atoms with Crippen molar-refractivity contribution in [1.29, 1.82) is 0 Å². The highest BCUT2D eigenvalue weighted by Crippen LogP contribution is 2.29. The minimum atomic E-state index is -0.984. The topological polar surface area (TPSA) is 53.4 Å². The van der Waals surface area contributed by atoms with Gasteiger partial charge in [-0.05, 0) is 36.6 Å². The van der Waals surface area contributed by atoms with Gasteiger partial charge in [0.25, 0.3) is 0 Å². The van der Waals surface area contributed by atoms with Gasteiger partial charge < -0.3 is 10.0 Å². The van der Waals surface area contributed by atoms with Crippen molar-refractivity contribution >= 4 is 17.0 Å². The number of nitrogens with zero attached hydrogens (tertiary/aromatic N) is 2. The van der Waals surface area contributed by atoms with Gasteiger partial charge in [0.15, 0.2) is 0 Å². The number of benzene rings is 1. The molecule has 0 spiro atoms. The fourth-order valence-corrected chi connectivity index (χ4v) is 2.91. The van der Waals surface area contributed by atoms with Crippen LogP contribution < -0.4 is 0 Å². The Bertz CT molecular complexity index is 746. The summed E-state index contributed by atoms with van der Waals surface area (Å²) in [7, 11) is 0. The van der Waals surface area contributed by atoms with Crippen LogP contribution in [-0.4, -0.2) is 34.2 Å². The normalized spacial score (nSPS) is 14.9. The lowest BCUT2D eigenvalue weighted by Gasteiger charge is -2.15. The molecule has 2 heterocycles. The molecule has 0 aliphatic carbocycles. The van der Waals surface area contributed by atoms with Gasteiger partial charge in [0.2, 0.25) is 0 Å². The van der Waals surface area contributed by atoms with E-state index in [0.717, 1.165) is 17.7 Å². The summed E-state index contributed by atoms with van der Waals surface area (Å²) in [6.07, 6.45) is -0.108. The molecule has 2 aromatic rings. The molecule has 4 nitrogen and oxygen atoms in total. The van der Waals surface area contributed by atoms with Crippen LogP contribution in [0.3, 0.4) is 0 Å².